The fourth-order valence-corrected chi connectivity index (χ4v) is 1.58. The van der Waals surface area contributed by atoms with Gasteiger partial charge in [-0.25, -0.2) is 19.3 Å². The summed E-state index contributed by atoms with van der Waals surface area (Å²) in [5, 5.41) is 2.44. The summed E-state index contributed by atoms with van der Waals surface area (Å²) < 4.78 is 13.1. The Morgan fingerprint density at radius 1 is 1.43 bits per heavy atom. The summed E-state index contributed by atoms with van der Waals surface area (Å²) in [6.45, 7) is 1.55. The largest absolute Gasteiger partial charge is 0.381 e. The van der Waals surface area contributed by atoms with Gasteiger partial charge in [0, 0.05) is 11.6 Å². The Kier molecular flexibility index (Phi) is 2.12. The Morgan fingerprint density at radius 2 is 2.21 bits per heavy atom. The molecule has 2 aromatic rings. The highest BCUT2D eigenvalue weighted by molar-refractivity contribution is 7.12. The summed E-state index contributed by atoms with van der Waals surface area (Å²) in [5.41, 5.74) is 5.62. The lowest BCUT2D eigenvalue weighted by Gasteiger charge is -2.01. The number of nitrogens with zero attached hydrogens (tertiary/aromatic N) is 3. The Balaban J connectivity index is 2.57. The van der Waals surface area contributed by atoms with Crippen LogP contribution in [0.25, 0.3) is 10.8 Å². The Bertz CT molecular complexity index is 431. The molecule has 0 amide bonds. The van der Waals surface area contributed by atoms with Gasteiger partial charge in [-0.1, -0.05) is 0 Å². The van der Waals surface area contributed by atoms with Crippen molar-refractivity contribution in [2.75, 3.05) is 5.73 Å². The van der Waals surface area contributed by atoms with Crippen LogP contribution in [0.5, 0.6) is 0 Å². The second-order valence-electron chi connectivity index (χ2n) is 2.67. The number of aryl methyl sites for hydroxylation is 1. The van der Waals surface area contributed by atoms with Crippen LogP contribution in [-0.2, 0) is 0 Å². The van der Waals surface area contributed by atoms with Gasteiger partial charge in [0.25, 0.3) is 0 Å². The molecule has 2 N–H and O–H groups in total. The average molecular weight is 210 g/mol. The molecule has 2 heterocycles. The number of thiazole rings is 1. The maximum absolute atomic E-state index is 13.1. The Labute approximate surface area is 83.7 Å². The van der Waals surface area contributed by atoms with E-state index in [1.165, 1.54) is 11.3 Å². The molecule has 72 valence electrons. The second-order valence-corrected chi connectivity index (χ2v) is 3.56. The average Bonchev–Trinajstić information content (AvgIpc) is 2.66. The molecule has 0 aliphatic heterocycles. The highest BCUT2D eigenvalue weighted by atomic mass is 32.1. The lowest BCUT2D eigenvalue weighted by molar-refractivity contribution is 0.608. The summed E-state index contributed by atoms with van der Waals surface area (Å²) in [7, 11) is 0. The number of nitrogens with two attached hydrogens (primary N) is 1. The summed E-state index contributed by atoms with van der Waals surface area (Å²) in [6, 6.07) is 0. The molecule has 0 spiro atoms. The first-order valence-corrected chi connectivity index (χ1v) is 4.76. The molecular weight excluding hydrogens is 203 g/mol. The molecule has 0 unspecified atom stereocenters. The van der Waals surface area contributed by atoms with Crippen molar-refractivity contribution in [2.45, 2.75) is 6.92 Å². The van der Waals surface area contributed by atoms with E-state index in [9.17, 15) is 4.39 Å². The molecule has 6 heteroatoms. The van der Waals surface area contributed by atoms with Gasteiger partial charge in [-0.15, -0.1) is 11.3 Å². The fourth-order valence-electron chi connectivity index (χ4n) is 1.01. The van der Waals surface area contributed by atoms with E-state index in [4.69, 9.17) is 5.73 Å². The molecule has 2 rings (SSSR count). The normalized spacial score (nSPS) is 10.4. The van der Waals surface area contributed by atoms with Crippen LogP contribution in [-0.4, -0.2) is 15.0 Å². The highest BCUT2D eigenvalue weighted by Crippen LogP contribution is 2.20. The Hall–Kier alpha value is -1.56. The molecule has 0 bridgehead atoms. The third-order valence-electron chi connectivity index (χ3n) is 1.67. The topological polar surface area (TPSA) is 64.7 Å². The van der Waals surface area contributed by atoms with Crippen molar-refractivity contribution in [1.29, 1.82) is 0 Å². The van der Waals surface area contributed by atoms with Gasteiger partial charge >= 0.3 is 0 Å². The van der Waals surface area contributed by atoms with Gasteiger partial charge in [0.1, 0.15) is 0 Å². The SMILES string of the molecule is Cc1nc(-c2nccs2)nc(N)c1F. The number of halogens is 1. The fraction of sp³-hybridized carbons (Fsp3) is 0.125. The van der Waals surface area contributed by atoms with Crippen LogP contribution in [0, 0.1) is 12.7 Å². The standard InChI is InChI=1S/C8H7FN4S/c1-4-5(9)6(10)13-7(12-4)8-11-2-3-14-8/h2-3H,1H3,(H2,10,12,13). The zero-order chi connectivity index (χ0) is 10.1. The van der Waals surface area contributed by atoms with Crippen LogP contribution in [0.1, 0.15) is 5.69 Å². The van der Waals surface area contributed by atoms with E-state index in [0.29, 0.717) is 10.8 Å². The van der Waals surface area contributed by atoms with E-state index in [1.807, 2.05) is 0 Å². The third-order valence-corrected chi connectivity index (χ3v) is 2.44. The first-order chi connectivity index (χ1) is 6.68. The summed E-state index contributed by atoms with van der Waals surface area (Å²) in [6.07, 6.45) is 1.64. The molecular formula is C8H7FN4S. The van der Waals surface area contributed by atoms with E-state index in [0.717, 1.165) is 0 Å². The van der Waals surface area contributed by atoms with Crippen molar-refractivity contribution >= 4 is 17.2 Å². The molecule has 0 saturated carbocycles. The van der Waals surface area contributed by atoms with E-state index in [2.05, 4.69) is 15.0 Å². The van der Waals surface area contributed by atoms with Crippen molar-refractivity contribution in [1.82, 2.24) is 15.0 Å². The zero-order valence-electron chi connectivity index (χ0n) is 7.36. The highest BCUT2D eigenvalue weighted by Gasteiger charge is 2.11. The predicted octanol–water partition coefficient (Wildman–Crippen LogP) is 1.63. The first-order valence-electron chi connectivity index (χ1n) is 3.88. The van der Waals surface area contributed by atoms with Gasteiger partial charge in [-0.2, -0.15) is 0 Å². The second kappa shape index (κ2) is 3.30. The van der Waals surface area contributed by atoms with Crippen LogP contribution < -0.4 is 5.73 Å². The zero-order valence-corrected chi connectivity index (χ0v) is 8.18. The van der Waals surface area contributed by atoms with Crippen molar-refractivity contribution in [3.8, 4) is 10.8 Å². The lowest BCUT2D eigenvalue weighted by Crippen LogP contribution is -2.02. The monoisotopic (exact) mass is 210 g/mol. The minimum atomic E-state index is -0.565. The van der Waals surface area contributed by atoms with Gasteiger partial charge in [0.15, 0.2) is 22.5 Å². The van der Waals surface area contributed by atoms with Crippen molar-refractivity contribution < 1.29 is 4.39 Å². The minimum Gasteiger partial charge on any atom is -0.381 e. The number of hydrogen-bond acceptors (Lipinski definition) is 5. The number of rotatable bonds is 1. The van der Waals surface area contributed by atoms with Crippen LogP contribution in [0.15, 0.2) is 11.6 Å². The van der Waals surface area contributed by atoms with Gasteiger partial charge in [-0.3, -0.25) is 0 Å². The maximum atomic E-state index is 13.1. The summed E-state index contributed by atoms with van der Waals surface area (Å²) in [4.78, 5) is 11.8. The smallest absolute Gasteiger partial charge is 0.191 e. The van der Waals surface area contributed by atoms with Crippen LogP contribution in [0.3, 0.4) is 0 Å². The Morgan fingerprint density at radius 3 is 2.79 bits per heavy atom. The van der Waals surface area contributed by atoms with Crippen molar-refractivity contribution in [3.05, 3.63) is 23.1 Å². The van der Waals surface area contributed by atoms with Gasteiger partial charge < -0.3 is 5.73 Å². The van der Waals surface area contributed by atoms with E-state index in [1.54, 1.807) is 18.5 Å². The van der Waals surface area contributed by atoms with Crippen molar-refractivity contribution in [3.63, 3.8) is 0 Å². The van der Waals surface area contributed by atoms with E-state index < -0.39 is 5.82 Å². The number of hydrogen-bond donors (Lipinski definition) is 1. The number of anilines is 1. The molecule has 0 saturated heterocycles. The molecule has 0 aromatic carbocycles. The minimum absolute atomic E-state index is 0.136. The molecule has 0 atom stereocenters. The molecule has 2 aromatic heterocycles. The molecule has 14 heavy (non-hydrogen) atoms. The van der Waals surface area contributed by atoms with Crippen molar-refractivity contribution in [2.24, 2.45) is 0 Å². The van der Waals surface area contributed by atoms with Crippen LogP contribution >= 0.6 is 11.3 Å². The van der Waals surface area contributed by atoms with Crippen LogP contribution in [0.2, 0.25) is 0 Å². The summed E-state index contributed by atoms with van der Waals surface area (Å²) >= 11 is 1.39. The molecule has 4 nitrogen and oxygen atoms in total. The third kappa shape index (κ3) is 1.44. The number of aromatic nitrogens is 3. The molecule has 0 aliphatic carbocycles. The van der Waals surface area contributed by atoms with E-state index in [-0.39, 0.29) is 11.5 Å². The van der Waals surface area contributed by atoms with Crippen LogP contribution in [0.4, 0.5) is 10.2 Å². The molecule has 0 radical (unpaired) electrons. The predicted molar refractivity (Wildman–Crippen MR) is 52.2 cm³/mol. The lowest BCUT2D eigenvalue weighted by atomic mass is 10.4. The van der Waals surface area contributed by atoms with E-state index >= 15 is 0 Å². The maximum Gasteiger partial charge on any atom is 0.191 e. The number of nitrogen functional groups attached to an aromatic ring is 1. The van der Waals surface area contributed by atoms with Gasteiger partial charge in [-0.05, 0) is 6.92 Å². The first kappa shape index (κ1) is 9.01. The molecule has 0 aliphatic rings. The van der Waals surface area contributed by atoms with Gasteiger partial charge in [0.05, 0.1) is 5.69 Å². The quantitative estimate of drug-likeness (QED) is 0.776. The molecule has 0 fully saturated rings. The summed E-state index contributed by atoms with van der Waals surface area (Å²) in [5.74, 6) is -0.329. The van der Waals surface area contributed by atoms with Gasteiger partial charge in [0.2, 0.25) is 0 Å².